The van der Waals surface area contributed by atoms with Crippen molar-refractivity contribution in [3.05, 3.63) is 21.5 Å². The number of carbonyl (C=O) groups is 1. The molecule has 1 N–H and O–H groups in total. The van der Waals surface area contributed by atoms with Gasteiger partial charge in [0.05, 0.1) is 11.2 Å². The monoisotopic (exact) mass is 226 g/mol. The lowest BCUT2D eigenvalue weighted by atomic mass is 10.5. The van der Waals surface area contributed by atoms with Crippen LogP contribution in [0, 0.1) is 6.92 Å². The smallest absolute Gasteiger partial charge is 0.347 e. The lowest BCUT2D eigenvalue weighted by molar-refractivity contribution is 0.0702. The summed E-state index contributed by atoms with van der Waals surface area (Å²) in [5.74, 6) is -0.944. The standard InChI is InChI=1S/C8H6N2O2S2/c1-4-10-5(3-13-4)7-9-2-6(14-7)8(11)12/h2-3H,1H3,(H,11,12). The predicted molar refractivity (Wildman–Crippen MR) is 54.9 cm³/mol. The quantitative estimate of drug-likeness (QED) is 0.853. The van der Waals surface area contributed by atoms with Crippen molar-refractivity contribution < 1.29 is 9.90 Å². The van der Waals surface area contributed by atoms with Crippen LogP contribution in [0.3, 0.4) is 0 Å². The third-order valence-corrected chi connectivity index (χ3v) is 3.34. The topological polar surface area (TPSA) is 63.1 Å². The van der Waals surface area contributed by atoms with E-state index in [0.29, 0.717) is 5.01 Å². The Morgan fingerprint density at radius 3 is 2.86 bits per heavy atom. The van der Waals surface area contributed by atoms with Crippen LogP contribution in [-0.4, -0.2) is 21.0 Å². The van der Waals surface area contributed by atoms with Crippen molar-refractivity contribution in [3.63, 3.8) is 0 Å². The minimum absolute atomic E-state index is 0.241. The minimum Gasteiger partial charge on any atom is -0.477 e. The number of aromatic nitrogens is 2. The Hall–Kier alpha value is -1.27. The lowest BCUT2D eigenvalue weighted by Crippen LogP contribution is -1.89. The van der Waals surface area contributed by atoms with Crippen LogP contribution in [-0.2, 0) is 0 Å². The maximum Gasteiger partial charge on any atom is 0.347 e. The summed E-state index contributed by atoms with van der Waals surface area (Å²) in [5.41, 5.74) is 0.755. The van der Waals surface area contributed by atoms with Crippen molar-refractivity contribution in [2.45, 2.75) is 6.92 Å². The third-order valence-electron chi connectivity index (χ3n) is 1.55. The largest absolute Gasteiger partial charge is 0.477 e. The first-order valence-electron chi connectivity index (χ1n) is 3.78. The first kappa shape index (κ1) is 9.29. The van der Waals surface area contributed by atoms with Crippen LogP contribution in [0.5, 0.6) is 0 Å². The van der Waals surface area contributed by atoms with Gasteiger partial charge in [0.15, 0.2) is 0 Å². The summed E-state index contributed by atoms with van der Waals surface area (Å²) < 4.78 is 0. The second kappa shape index (κ2) is 3.47. The van der Waals surface area contributed by atoms with E-state index in [1.165, 1.54) is 17.5 Å². The highest BCUT2D eigenvalue weighted by atomic mass is 32.1. The number of carboxylic acid groups (broad SMARTS) is 1. The zero-order chi connectivity index (χ0) is 10.1. The Labute approximate surface area is 87.9 Å². The summed E-state index contributed by atoms with van der Waals surface area (Å²) in [6.45, 7) is 1.90. The van der Waals surface area contributed by atoms with Crippen molar-refractivity contribution >= 4 is 28.6 Å². The number of thiazole rings is 2. The van der Waals surface area contributed by atoms with Gasteiger partial charge in [0, 0.05) is 5.38 Å². The number of aromatic carboxylic acids is 1. The number of hydrogen-bond acceptors (Lipinski definition) is 5. The van der Waals surface area contributed by atoms with Crippen molar-refractivity contribution in [2.24, 2.45) is 0 Å². The molecule has 0 aromatic carbocycles. The molecule has 0 bridgehead atoms. The molecule has 2 aromatic heterocycles. The normalized spacial score (nSPS) is 10.4. The van der Waals surface area contributed by atoms with Crippen LogP contribution in [0.4, 0.5) is 0 Å². The van der Waals surface area contributed by atoms with Crippen molar-refractivity contribution in [3.8, 4) is 10.7 Å². The van der Waals surface area contributed by atoms with Gasteiger partial charge in [-0.2, -0.15) is 0 Å². The van der Waals surface area contributed by atoms with Crippen molar-refractivity contribution in [1.29, 1.82) is 0 Å². The second-order valence-corrected chi connectivity index (χ2v) is 4.68. The van der Waals surface area contributed by atoms with Gasteiger partial charge in [-0.15, -0.1) is 22.7 Å². The van der Waals surface area contributed by atoms with E-state index < -0.39 is 5.97 Å². The van der Waals surface area contributed by atoms with Gasteiger partial charge in [0.2, 0.25) is 0 Å². The van der Waals surface area contributed by atoms with Crippen LogP contribution >= 0.6 is 22.7 Å². The van der Waals surface area contributed by atoms with Gasteiger partial charge in [-0.1, -0.05) is 0 Å². The molecule has 0 saturated carbocycles. The average molecular weight is 226 g/mol. The molecule has 0 aliphatic heterocycles. The molecule has 0 atom stereocenters. The van der Waals surface area contributed by atoms with Gasteiger partial charge in [-0.3, -0.25) is 0 Å². The van der Waals surface area contributed by atoms with Crippen LogP contribution in [0.1, 0.15) is 14.7 Å². The zero-order valence-corrected chi connectivity index (χ0v) is 8.85. The molecule has 72 valence electrons. The second-order valence-electron chi connectivity index (χ2n) is 2.59. The number of rotatable bonds is 2. The molecule has 14 heavy (non-hydrogen) atoms. The summed E-state index contributed by atoms with van der Waals surface area (Å²) in [5, 5.41) is 12.2. The Morgan fingerprint density at radius 1 is 1.57 bits per heavy atom. The maximum absolute atomic E-state index is 10.6. The summed E-state index contributed by atoms with van der Waals surface area (Å²) in [6, 6.07) is 0. The van der Waals surface area contributed by atoms with E-state index in [4.69, 9.17) is 5.11 Å². The van der Waals surface area contributed by atoms with E-state index in [9.17, 15) is 4.79 Å². The number of hydrogen-bond donors (Lipinski definition) is 1. The molecule has 2 heterocycles. The molecule has 2 aromatic rings. The van der Waals surface area contributed by atoms with Crippen LogP contribution in [0.25, 0.3) is 10.7 Å². The lowest BCUT2D eigenvalue weighted by Gasteiger charge is -1.85. The van der Waals surface area contributed by atoms with E-state index in [0.717, 1.165) is 22.0 Å². The molecule has 0 radical (unpaired) electrons. The Kier molecular flexibility index (Phi) is 2.30. The van der Waals surface area contributed by atoms with Crippen LogP contribution in [0.15, 0.2) is 11.6 Å². The minimum atomic E-state index is -0.944. The van der Waals surface area contributed by atoms with Gasteiger partial charge in [0.25, 0.3) is 0 Å². The molecule has 0 saturated heterocycles. The third kappa shape index (κ3) is 1.66. The van der Waals surface area contributed by atoms with Crippen molar-refractivity contribution in [1.82, 2.24) is 9.97 Å². The van der Waals surface area contributed by atoms with E-state index in [-0.39, 0.29) is 4.88 Å². The highest BCUT2D eigenvalue weighted by molar-refractivity contribution is 7.17. The van der Waals surface area contributed by atoms with E-state index >= 15 is 0 Å². The van der Waals surface area contributed by atoms with E-state index in [1.807, 2.05) is 12.3 Å². The maximum atomic E-state index is 10.6. The fourth-order valence-corrected chi connectivity index (χ4v) is 2.34. The van der Waals surface area contributed by atoms with Crippen LogP contribution < -0.4 is 0 Å². The van der Waals surface area contributed by atoms with Crippen LogP contribution in [0.2, 0.25) is 0 Å². The molecule has 2 rings (SSSR count). The summed E-state index contributed by atoms with van der Waals surface area (Å²) in [6.07, 6.45) is 1.36. The molecular weight excluding hydrogens is 220 g/mol. The van der Waals surface area contributed by atoms with Crippen molar-refractivity contribution in [2.75, 3.05) is 0 Å². The van der Waals surface area contributed by atoms with E-state index in [2.05, 4.69) is 9.97 Å². The zero-order valence-electron chi connectivity index (χ0n) is 7.22. The number of aryl methyl sites for hydroxylation is 1. The molecule has 0 unspecified atom stereocenters. The van der Waals surface area contributed by atoms with E-state index in [1.54, 1.807) is 0 Å². The van der Waals surface area contributed by atoms with Gasteiger partial charge in [0.1, 0.15) is 15.6 Å². The van der Waals surface area contributed by atoms with Gasteiger partial charge >= 0.3 is 5.97 Å². The summed E-state index contributed by atoms with van der Waals surface area (Å²) in [7, 11) is 0. The Morgan fingerprint density at radius 2 is 2.36 bits per heavy atom. The fourth-order valence-electron chi connectivity index (χ4n) is 0.953. The molecule has 0 spiro atoms. The molecular formula is C8H6N2O2S2. The highest BCUT2D eigenvalue weighted by Crippen LogP contribution is 2.25. The summed E-state index contributed by atoms with van der Waals surface area (Å²) >= 11 is 2.67. The van der Waals surface area contributed by atoms with Gasteiger partial charge in [-0.05, 0) is 6.92 Å². The molecule has 0 fully saturated rings. The Balaban J connectivity index is 2.38. The molecule has 4 nitrogen and oxygen atoms in total. The molecule has 6 heteroatoms. The highest BCUT2D eigenvalue weighted by Gasteiger charge is 2.11. The Bertz CT molecular complexity index is 475. The number of carboxylic acids is 1. The predicted octanol–water partition coefficient (Wildman–Crippen LogP) is 2.27. The number of nitrogens with zero attached hydrogens (tertiary/aromatic N) is 2. The van der Waals surface area contributed by atoms with Gasteiger partial charge < -0.3 is 5.11 Å². The fraction of sp³-hybridized carbons (Fsp3) is 0.125. The molecule has 0 aliphatic rings. The summed E-state index contributed by atoms with van der Waals surface area (Å²) in [4.78, 5) is 19.1. The molecule has 0 aliphatic carbocycles. The average Bonchev–Trinajstić information content (AvgIpc) is 2.70. The first-order valence-corrected chi connectivity index (χ1v) is 5.48. The SMILES string of the molecule is Cc1nc(-c2ncc(C(=O)O)s2)cs1. The van der Waals surface area contributed by atoms with Gasteiger partial charge in [-0.25, -0.2) is 14.8 Å². The first-order chi connectivity index (χ1) is 6.66. The molecule has 0 amide bonds.